The topological polar surface area (TPSA) is 72.9 Å². The van der Waals surface area contributed by atoms with Gasteiger partial charge in [-0.05, 0) is 12.3 Å². The minimum atomic E-state index is -0.443. The maximum atomic E-state index is 10.5. The monoisotopic (exact) mass is 194 g/mol. The number of aromatic nitrogens is 2. The van der Waals surface area contributed by atoms with Crippen LogP contribution in [0.3, 0.4) is 0 Å². The van der Waals surface area contributed by atoms with Crippen LogP contribution in [0, 0.1) is 5.92 Å². The number of nitrogens with two attached hydrogens (primary N) is 1. The molecule has 1 aromatic heterocycles. The van der Waals surface area contributed by atoms with Crippen molar-refractivity contribution < 1.29 is 4.79 Å². The summed E-state index contributed by atoms with van der Waals surface area (Å²) < 4.78 is 2.14. The van der Waals surface area contributed by atoms with Crippen molar-refractivity contribution in [1.29, 1.82) is 0 Å². The number of hydrogen-bond acceptors (Lipinski definition) is 2. The maximum absolute atomic E-state index is 10.5. The van der Waals surface area contributed by atoms with Gasteiger partial charge in [0.15, 0.2) is 0 Å². The SMILES string of the molecule is NC(=O)NCC1CCc2nccn2C1. The molecule has 14 heavy (non-hydrogen) atoms. The fourth-order valence-corrected chi connectivity index (χ4v) is 1.85. The van der Waals surface area contributed by atoms with Gasteiger partial charge in [0.25, 0.3) is 0 Å². The van der Waals surface area contributed by atoms with Crippen molar-refractivity contribution in [1.82, 2.24) is 14.9 Å². The van der Waals surface area contributed by atoms with Gasteiger partial charge in [-0.1, -0.05) is 0 Å². The van der Waals surface area contributed by atoms with E-state index in [0.717, 1.165) is 25.2 Å². The summed E-state index contributed by atoms with van der Waals surface area (Å²) in [6.07, 6.45) is 5.85. The summed E-state index contributed by atoms with van der Waals surface area (Å²) in [7, 11) is 0. The molecule has 3 N–H and O–H groups in total. The van der Waals surface area contributed by atoms with Crippen molar-refractivity contribution in [3.8, 4) is 0 Å². The minimum Gasteiger partial charge on any atom is -0.352 e. The highest BCUT2D eigenvalue weighted by atomic mass is 16.2. The van der Waals surface area contributed by atoms with Gasteiger partial charge in [0.05, 0.1) is 0 Å². The zero-order valence-corrected chi connectivity index (χ0v) is 7.94. The normalized spacial score (nSPS) is 20.1. The summed E-state index contributed by atoms with van der Waals surface area (Å²) in [6, 6.07) is -0.443. The van der Waals surface area contributed by atoms with Crippen molar-refractivity contribution in [3.63, 3.8) is 0 Å². The van der Waals surface area contributed by atoms with Gasteiger partial charge in [-0.3, -0.25) is 0 Å². The zero-order chi connectivity index (χ0) is 9.97. The van der Waals surface area contributed by atoms with Gasteiger partial charge < -0.3 is 15.6 Å². The molecule has 0 bridgehead atoms. The second-order valence-corrected chi connectivity index (χ2v) is 3.65. The summed E-state index contributed by atoms with van der Waals surface area (Å²) in [5.74, 6) is 1.62. The Balaban J connectivity index is 1.91. The van der Waals surface area contributed by atoms with Crippen LogP contribution in [0.25, 0.3) is 0 Å². The van der Waals surface area contributed by atoms with E-state index in [9.17, 15) is 4.79 Å². The number of imidazole rings is 1. The van der Waals surface area contributed by atoms with Gasteiger partial charge in [0.1, 0.15) is 5.82 Å². The standard InChI is InChI=1S/C9H14N4O/c10-9(14)12-5-7-1-2-8-11-3-4-13(8)6-7/h3-4,7H,1-2,5-6H2,(H3,10,12,14). The van der Waals surface area contributed by atoms with Gasteiger partial charge in [-0.25, -0.2) is 9.78 Å². The van der Waals surface area contributed by atoms with E-state index >= 15 is 0 Å². The average Bonchev–Trinajstić information content (AvgIpc) is 2.61. The Morgan fingerprint density at radius 1 is 1.79 bits per heavy atom. The highest BCUT2D eigenvalue weighted by molar-refractivity contribution is 5.71. The Bertz CT molecular complexity index is 333. The van der Waals surface area contributed by atoms with Gasteiger partial charge >= 0.3 is 6.03 Å². The Hall–Kier alpha value is -1.52. The van der Waals surface area contributed by atoms with E-state index in [0.29, 0.717) is 12.5 Å². The first kappa shape index (κ1) is 9.05. The Morgan fingerprint density at radius 3 is 3.43 bits per heavy atom. The number of hydrogen-bond donors (Lipinski definition) is 2. The Morgan fingerprint density at radius 2 is 2.64 bits per heavy atom. The zero-order valence-electron chi connectivity index (χ0n) is 7.94. The molecule has 0 aliphatic carbocycles. The second kappa shape index (κ2) is 3.69. The third kappa shape index (κ3) is 1.86. The molecule has 1 aliphatic rings. The molecular weight excluding hydrogens is 180 g/mol. The van der Waals surface area contributed by atoms with E-state index < -0.39 is 6.03 Å². The van der Waals surface area contributed by atoms with E-state index in [1.54, 1.807) is 0 Å². The first-order chi connectivity index (χ1) is 6.75. The molecule has 0 fully saturated rings. The molecule has 5 nitrogen and oxygen atoms in total. The van der Waals surface area contributed by atoms with Crippen molar-refractivity contribution in [2.24, 2.45) is 11.7 Å². The predicted octanol–water partition coefficient (Wildman–Crippen LogP) is 0.114. The van der Waals surface area contributed by atoms with Crippen LogP contribution in [0.5, 0.6) is 0 Å². The van der Waals surface area contributed by atoms with E-state index in [1.165, 1.54) is 0 Å². The fraction of sp³-hybridized carbons (Fsp3) is 0.556. The first-order valence-electron chi connectivity index (χ1n) is 4.79. The number of nitrogens with zero attached hydrogens (tertiary/aromatic N) is 2. The van der Waals surface area contributed by atoms with Gasteiger partial charge in [0.2, 0.25) is 0 Å². The Labute approximate surface area is 82.3 Å². The van der Waals surface area contributed by atoms with Crippen LogP contribution in [0.4, 0.5) is 4.79 Å². The lowest BCUT2D eigenvalue weighted by Crippen LogP contribution is -2.36. The second-order valence-electron chi connectivity index (χ2n) is 3.65. The molecule has 1 atom stereocenters. The number of amides is 2. The summed E-state index contributed by atoms with van der Waals surface area (Å²) in [6.45, 7) is 1.59. The first-order valence-corrected chi connectivity index (χ1v) is 4.79. The number of nitrogens with one attached hydrogen (secondary N) is 1. The van der Waals surface area contributed by atoms with E-state index in [2.05, 4.69) is 14.9 Å². The van der Waals surface area contributed by atoms with Gasteiger partial charge in [-0.15, -0.1) is 0 Å². The molecule has 0 aromatic carbocycles. The average molecular weight is 194 g/mol. The van der Waals surface area contributed by atoms with Crippen LogP contribution in [0.15, 0.2) is 12.4 Å². The lowest BCUT2D eigenvalue weighted by Gasteiger charge is -2.23. The molecule has 76 valence electrons. The summed E-state index contributed by atoms with van der Waals surface area (Å²) in [5.41, 5.74) is 5.02. The largest absolute Gasteiger partial charge is 0.352 e. The van der Waals surface area contributed by atoms with Gasteiger partial charge in [0, 0.05) is 31.9 Å². The van der Waals surface area contributed by atoms with Crippen molar-refractivity contribution in [3.05, 3.63) is 18.2 Å². The molecule has 0 saturated carbocycles. The van der Waals surface area contributed by atoms with Crippen LogP contribution >= 0.6 is 0 Å². The Kier molecular flexibility index (Phi) is 2.39. The molecule has 2 amide bonds. The minimum absolute atomic E-state index is 0.443. The van der Waals surface area contributed by atoms with E-state index in [4.69, 9.17) is 5.73 Å². The number of carbonyl (C=O) groups is 1. The van der Waals surface area contributed by atoms with E-state index in [-0.39, 0.29) is 0 Å². The van der Waals surface area contributed by atoms with E-state index in [1.807, 2.05) is 12.4 Å². The fourth-order valence-electron chi connectivity index (χ4n) is 1.85. The molecule has 0 saturated heterocycles. The third-order valence-electron chi connectivity index (χ3n) is 2.60. The lowest BCUT2D eigenvalue weighted by atomic mass is 9.99. The number of fused-ring (bicyclic) bond motifs is 1. The molecular formula is C9H14N4O. The van der Waals surface area contributed by atoms with Crippen LogP contribution in [0.2, 0.25) is 0 Å². The molecule has 0 radical (unpaired) electrons. The molecule has 2 rings (SSSR count). The highest BCUT2D eigenvalue weighted by Crippen LogP contribution is 2.17. The molecule has 1 aliphatic heterocycles. The van der Waals surface area contributed by atoms with Crippen LogP contribution in [0.1, 0.15) is 12.2 Å². The highest BCUT2D eigenvalue weighted by Gasteiger charge is 2.18. The number of carbonyl (C=O) groups excluding carboxylic acids is 1. The molecule has 5 heteroatoms. The molecule has 0 spiro atoms. The summed E-state index contributed by atoms with van der Waals surface area (Å²) in [5, 5.41) is 2.64. The lowest BCUT2D eigenvalue weighted by molar-refractivity contribution is 0.244. The molecule has 2 heterocycles. The summed E-state index contributed by atoms with van der Waals surface area (Å²) >= 11 is 0. The smallest absolute Gasteiger partial charge is 0.312 e. The van der Waals surface area contributed by atoms with Gasteiger partial charge in [-0.2, -0.15) is 0 Å². The van der Waals surface area contributed by atoms with Crippen LogP contribution < -0.4 is 11.1 Å². The van der Waals surface area contributed by atoms with Crippen molar-refractivity contribution >= 4 is 6.03 Å². The quantitative estimate of drug-likeness (QED) is 0.701. The van der Waals surface area contributed by atoms with Crippen LogP contribution in [-0.4, -0.2) is 22.1 Å². The number of urea groups is 1. The van der Waals surface area contributed by atoms with Crippen LogP contribution in [-0.2, 0) is 13.0 Å². The van der Waals surface area contributed by atoms with Crippen molar-refractivity contribution in [2.75, 3.05) is 6.54 Å². The molecule has 1 unspecified atom stereocenters. The predicted molar refractivity (Wildman–Crippen MR) is 51.6 cm³/mol. The van der Waals surface area contributed by atoms with Crippen molar-refractivity contribution in [2.45, 2.75) is 19.4 Å². The maximum Gasteiger partial charge on any atom is 0.312 e. The number of aryl methyl sites for hydroxylation is 1. The number of rotatable bonds is 2. The molecule has 1 aromatic rings. The third-order valence-corrected chi connectivity index (χ3v) is 2.60. The summed E-state index contributed by atoms with van der Waals surface area (Å²) in [4.78, 5) is 14.8. The number of primary amides is 1.